The molecule has 45 heavy (non-hydrogen) atoms. The summed E-state index contributed by atoms with van der Waals surface area (Å²) >= 11 is 0. The fourth-order valence-corrected chi connectivity index (χ4v) is 8.10. The lowest BCUT2D eigenvalue weighted by atomic mass is 9.87. The molecule has 0 N–H and O–H groups in total. The van der Waals surface area contributed by atoms with Crippen LogP contribution in [0.4, 0.5) is 0 Å². The molecule has 2 fully saturated rings. The van der Waals surface area contributed by atoms with Gasteiger partial charge in [0.25, 0.3) is 0 Å². The van der Waals surface area contributed by atoms with Gasteiger partial charge in [-0.3, -0.25) is 0 Å². The highest BCUT2D eigenvalue weighted by atomic mass is 32.2. The average molecular weight is 669 g/mol. The van der Waals surface area contributed by atoms with Crippen molar-refractivity contribution in [2.45, 2.75) is 62.2 Å². The summed E-state index contributed by atoms with van der Waals surface area (Å²) in [6, 6.07) is 10.6. The third-order valence-electron chi connectivity index (χ3n) is 7.77. The number of sulfonamides is 2. The maximum absolute atomic E-state index is 13.6. The minimum Gasteiger partial charge on any atom is -0.490 e. The van der Waals surface area contributed by atoms with Crippen molar-refractivity contribution in [3.8, 4) is 11.5 Å². The van der Waals surface area contributed by atoms with Crippen LogP contribution in [-0.2, 0) is 45.1 Å². The smallest absolute Gasteiger partial charge is 0.246 e. The molecule has 0 bridgehead atoms. The third-order valence-corrected chi connectivity index (χ3v) is 11.6. The predicted octanol–water partition coefficient (Wildman–Crippen LogP) is 3.80. The first-order valence-corrected chi connectivity index (χ1v) is 18.3. The summed E-state index contributed by atoms with van der Waals surface area (Å²) in [6.07, 6.45) is 0. The van der Waals surface area contributed by atoms with Gasteiger partial charge < -0.3 is 23.7 Å². The van der Waals surface area contributed by atoms with Crippen LogP contribution in [-0.4, -0.2) is 104 Å². The molecule has 0 aromatic heterocycles. The van der Waals surface area contributed by atoms with E-state index in [4.69, 9.17) is 23.7 Å². The van der Waals surface area contributed by atoms with Crippen LogP contribution < -0.4 is 9.47 Å². The Morgan fingerprint density at radius 3 is 1.29 bits per heavy atom. The van der Waals surface area contributed by atoms with E-state index >= 15 is 0 Å². The van der Waals surface area contributed by atoms with Crippen molar-refractivity contribution < 1.29 is 40.5 Å². The molecule has 11 nitrogen and oxygen atoms in total. The number of benzene rings is 2. The van der Waals surface area contributed by atoms with Gasteiger partial charge in [0.15, 0.2) is 0 Å². The zero-order valence-corrected chi connectivity index (χ0v) is 29.0. The Kier molecular flexibility index (Phi) is 11.6. The Morgan fingerprint density at radius 1 is 0.600 bits per heavy atom. The monoisotopic (exact) mass is 668 g/mol. The molecule has 2 heterocycles. The van der Waals surface area contributed by atoms with E-state index in [1.54, 1.807) is 24.3 Å². The van der Waals surface area contributed by atoms with Gasteiger partial charge in [-0.2, -0.15) is 8.61 Å². The molecule has 2 saturated heterocycles. The van der Waals surface area contributed by atoms with E-state index in [1.165, 1.54) is 8.61 Å². The van der Waals surface area contributed by atoms with Gasteiger partial charge in [-0.1, -0.05) is 53.7 Å². The average Bonchev–Trinajstić information content (AvgIpc) is 3.00. The molecule has 13 heteroatoms. The van der Waals surface area contributed by atoms with Gasteiger partial charge in [-0.05, 0) is 46.2 Å². The maximum atomic E-state index is 13.6. The fraction of sp³-hybridized carbons (Fsp3) is 0.625. The number of rotatable bonds is 12. The van der Waals surface area contributed by atoms with Crippen LogP contribution in [0.3, 0.4) is 0 Å². The van der Waals surface area contributed by atoms with E-state index in [9.17, 15) is 16.8 Å². The molecule has 4 rings (SSSR count). The van der Waals surface area contributed by atoms with E-state index in [2.05, 4.69) is 0 Å². The number of hydrogen-bond donors (Lipinski definition) is 0. The molecule has 2 aromatic rings. The van der Waals surface area contributed by atoms with Crippen molar-refractivity contribution in [3.63, 3.8) is 0 Å². The maximum Gasteiger partial charge on any atom is 0.246 e. The first-order valence-electron chi connectivity index (χ1n) is 15.4. The standard InChI is InChI=1S/C32H48N2O9S2/c1-31(2,3)25-7-9-27(29(23-25)44(35,36)33-11-15-39-16-12-33)42-21-19-41-20-22-43-28-10-8-26(32(4,5)6)24-30(28)45(37,38)34-13-17-40-18-14-34/h7-10,23-24H,11-22H2,1-6H3. The topological polar surface area (TPSA) is 121 Å². The summed E-state index contributed by atoms with van der Waals surface area (Å²) in [7, 11) is -7.57. The highest BCUT2D eigenvalue weighted by Gasteiger charge is 2.32. The second kappa shape index (κ2) is 14.7. The molecule has 0 spiro atoms. The predicted molar refractivity (Wildman–Crippen MR) is 171 cm³/mol. The van der Waals surface area contributed by atoms with Crippen molar-refractivity contribution in [1.29, 1.82) is 0 Å². The molecule has 2 aromatic carbocycles. The summed E-state index contributed by atoms with van der Waals surface area (Å²) in [5.41, 5.74) is 1.29. The molecular formula is C32H48N2O9S2. The lowest BCUT2D eigenvalue weighted by molar-refractivity contribution is 0.0712. The van der Waals surface area contributed by atoms with Gasteiger partial charge in [0.1, 0.15) is 34.5 Å². The Morgan fingerprint density at radius 2 is 0.956 bits per heavy atom. The van der Waals surface area contributed by atoms with Crippen molar-refractivity contribution in [3.05, 3.63) is 47.5 Å². The first-order chi connectivity index (χ1) is 21.1. The van der Waals surface area contributed by atoms with Gasteiger partial charge in [-0.25, -0.2) is 16.8 Å². The van der Waals surface area contributed by atoms with Crippen LogP contribution in [0.2, 0.25) is 0 Å². The van der Waals surface area contributed by atoms with Crippen LogP contribution in [0.25, 0.3) is 0 Å². The highest BCUT2D eigenvalue weighted by molar-refractivity contribution is 7.89. The number of hydrogen-bond acceptors (Lipinski definition) is 9. The molecule has 2 aliphatic heterocycles. The van der Waals surface area contributed by atoms with Crippen LogP contribution in [0, 0.1) is 0 Å². The van der Waals surface area contributed by atoms with E-state index < -0.39 is 20.0 Å². The van der Waals surface area contributed by atoms with Crippen molar-refractivity contribution in [2.75, 3.05) is 79.0 Å². The van der Waals surface area contributed by atoms with Crippen LogP contribution in [0.15, 0.2) is 46.2 Å². The highest BCUT2D eigenvalue weighted by Crippen LogP contribution is 2.34. The normalized spacial score (nSPS) is 17.7. The van der Waals surface area contributed by atoms with Gasteiger partial charge in [0, 0.05) is 26.2 Å². The molecule has 0 atom stereocenters. The molecule has 0 amide bonds. The van der Waals surface area contributed by atoms with Gasteiger partial charge >= 0.3 is 0 Å². The minimum absolute atomic E-state index is 0.122. The van der Waals surface area contributed by atoms with Gasteiger partial charge in [0.2, 0.25) is 20.0 Å². The summed E-state index contributed by atoms with van der Waals surface area (Å²) in [5.74, 6) is 0.539. The third kappa shape index (κ3) is 8.97. The van der Waals surface area contributed by atoms with Crippen LogP contribution >= 0.6 is 0 Å². The van der Waals surface area contributed by atoms with Crippen molar-refractivity contribution >= 4 is 20.0 Å². The SMILES string of the molecule is CC(C)(C)c1ccc(OCCOCCOc2ccc(C(C)(C)C)cc2S(=O)(=O)N2CCOCC2)c(S(=O)(=O)N2CCOCC2)c1. The molecule has 0 saturated carbocycles. The Bertz CT molecular complexity index is 1390. The second-order valence-corrected chi connectivity index (χ2v) is 17.0. The Labute approximate surface area is 268 Å². The summed E-state index contributed by atoms with van der Waals surface area (Å²) in [4.78, 5) is 0.265. The van der Waals surface area contributed by atoms with Crippen molar-refractivity contribution in [2.24, 2.45) is 0 Å². The van der Waals surface area contributed by atoms with Gasteiger partial charge in [-0.15, -0.1) is 0 Å². The fourth-order valence-electron chi connectivity index (χ4n) is 4.97. The first kappa shape index (κ1) is 35.6. The summed E-state index contributed by atoms with van der Waals surface area (Å²) < 4.78 is 85.4. The molecule has 0 radical (unpaired) electrons. The summed E-state index contributed by atoms with van der Waals surface area (Å²) in [5, 5.41) is 0. The van der Waals surface area contributed by atoms with E-state index in [1.807, 2.05) is 53.7 Å². The molecule has 0 aliphatic carbocycles. The number of nitrogens with zero attached hydrogens (tertiary/aromatic N) is 2. The number of ether oxygens (including phenoxy) is 5. The molecule has 252 valence electrons. The zero-order chi connectivity index (χ0) is 32.9. The second-order valence-electron chi connectivity index (χ2n) is 13.2. The van der Waals surface area contributed by atoms with Crippen LogP contribution in [0.1, 0.15) is 52.7 Å². The van der Waals surface area contributed by atoms with Gasteiger partial charge in [0.05, 0.1) is 39.6 Å². The van der Waals surface area contributed by atoms with E-state index in [0.29, 0.717) is 52.6 Å². The lowest BCUT2D eigenvalue weighted by Gasteiger charge is -2.28. The molecule has 2 aliphatic rings. The number of morpholine rings is 2. The van der Waals surface area contributed by atoms with Crippen LogP contribution in [0.5, 0.6) is 11.5 Å². The quantitative estimate of drug-likeness (QED) is 0.311. The van der Waals surface area contributed by atoms with Crippen molar-refractivity contribution in [1.82, 2.24) is 8.61 Å². The Balaban J connectivity index is 1.37. The molecule has 0 unspecified atom stereocenters. The van der Waals surface area contributed by atoms with E-state index in [0.717, 1.165) is 11.1 Å². The largest absolute Gasteiger partial charge is 0.490 e. The van der Waals surface area contributed by atoms with E-state index in [-0.39, 0.29) is 58.5 Å². The lowest BCUT2D eigenvalue weighted by Crippen LogP contribution is -2.40. The molecular weight excluding hydrogens is 620 g/mol. The Hall–Kier alpha value is -2.26. The minimum atomic E-state index is -3.79. The zero-order valence-electron chi connectivity index (χ0n) is 27.3. The summed E-state index contributed by atoms with van der Waals surface area (Å²) in [6.45, 7) is 15.4.